The zero-order chi connectivity index (χ0) is 15.6. The number of nitrogens with two attached hydrogens (primary N) is 1. The molecular weight excluding hydrogens is 275 g/mol. The highest BCUT2D eigenvalue weighted by atomic mass is 19.4. The first-order chi connectivity index (χ1) is 9.11. The number of carbonyl (C=O) groups is 1. The molecule has 0 aliphatic carbocycles. The van der Waals surface area contributed by atoms with Crippen molar-refractivity contribution in [1.29, 1.82) is 5.26 Å². The molecule has 1 aromatic rings. The SMILES string of the molecule is C[C@](O)(CN)C(=O)Nc1ccc(C#N)c(C(F)(F)F)c1. The standard InChI is InChI=1S/C12H12F3N3O2/c1-11(20,6-17)10(19)18-8-3-2-7(5-16)9(4-8)12(13,14)15/h2-4,20H,6,17H2,1H3,(H,18,19)/t11-/m0/s1. The third-order valence-electron chi connectivity index (χ3n) is 2.59. The van der Waals surface area contributed by atoms with Crippen molar-refractivity contribution >= 4 is 11.6 Å². The van der Waals surface area contributed by atoms with Crippen molar-refractivity contribution < 1.29 is 23.1 Å². The van der Waals surface area contributed by atoms with Gasteiger partial charge in [0.1, 0.15) is 0 Å². The molecule has 0 heterocycles. The van der Waals surface area contributed by atoms with Crippen molar-refractivity contribution in [1.82, 2.24) is 0 Å². The molecule has 0 aromatic heterocycles. The van der Waals surface area contributed by atoms with Gasteiger partial charge in [0.05, 0.1) is 17.2 Å². The number of amides is 1. The molecule has 108 valence electrons. The van der Waals surface area contributed by atoms with E-state index in [9.17, 15) is 23.1 Å². The second-order valence-electron chi connectivity index (χ2n) is 4.30. The first kappa shape index (κ1) is 15.9. The third-order valence-corrected chi connectivity index (χ3v) is 2.59. The number of rotatable bonds is 3. The van der Waals surface area contributed by atoms with E-state index in [0.29, 0.717) is 6.07 Å². The molecule has 0 aliphatic rings. The van der Waals surface area contributed by atoms with Crippen LogP contribution >= 0.6 is 0 Å². The fourth-order valence-corrected chi connectivity index (χ4v) is 1.31. The number of nitrogens with zero attached hydrogens (tertiary/aromatic N) is 1. The number of aliphatic hydroxyl groups is 1. The highest BCUT2D eigenvalue weighted by Gasteiger charge is 2.34. The van der Waals surface area contributed by atoms with Gasteiger partial charge in [0.15, 0.2) is 5.60 Å². The Bertz CT molecular complexity index is 562. The summed E-state index contributed by atoms with van der Waals surface area (Å²) >= 11 is 0. The van der Waals surface area contributed by atoms with Gasteiger partial charge >= 0.3 is 6.18 Å². The van der Waals surface area contributed by atoms with Crippen LogP contribution < -0.4 is 11.1 Å². The number of nitrogens with one attached hydrogen (secondary N) is 1. The molecule has 0 unspecified atom stereocenters. The predicted octanol–water partition coefficient (Wildman–Crippen LogP) is 1.23. The number of benzene rings is 1. The molecule has 1 atom stereocenters. The van der Waals surface area contributed by atoms with Gasteiger partial charge in [0.2, 0.25) is 0 Å². The van der Waals surface area contributed by atoms with E-state index in [1.165, 1.54) is 6.07 Å². The van der Waals surface area contributed by atoms with E-state index in [1.807, 2.05) is 0 Å². The Morgan fingerprint density at radius 2 is 2.10 bits per heavy atom. The summed E-state index contributed by atoms with van der Waals surface area (Å²) in [4.78, 5) is 11.6. The molecule has 8 heteroatoms. The summed E-state index contributed by atoms with van der Waals surface area (Å²) in [6.45, 7) is 0.748. The van der Waals surface area contributed by atoms with Crippen LogP contribution in [-0.2, 0) is 11.0 Å². The summed E-state index contributed by atoms with van der Waals surface area (Å²) < 4.78 is 38.2. The lowest BCUT2D eigenvalue weighted by Crippen LogP contribution is -2.46. The Labute approximate surface area is 112 Å². The lowest BCUT2D eigenvalue weighted by atomic mass is 10.0. The average molecular weight is 287 g/mol. The number of halogens is 3. The molecule has 1 amide bonds. The number of alkyl halides is 3. The number of carbonyl (C=O) groups excluding carboxylic acids is 1. The number of hydrogen-bond donors (Lipinski definition) is 3. The van der Waals surface area contributed by atoms with Gasteiger partial charge in [-0.25, -0.2) is 0 Å². The van der Waals surface area contributed by atoms with Crippen LogP contribution in [-0.4, -0.2) is 23.2 Å². The summed E-state index contributed by atoms with van der Waals surface area (Å²) in [5, 5.41) is 20.3. The van der Waals surface area contributed by atoms with Crippen molar-refractivity contribution in [3.63, 3.8) is 0 Å². The zero-order valence-corrected chi connectivity index (χ0v) is 10.5. The minimum Gasteiger partial charge on any atom is -0.379 e. The van der Waals surface area contributed by atoms with Gasteiger partial charge < -0.3 is 16.2 Å². The van der Waals surface area contributed by atoms with Crippen LogP contribution in [0.25, 0.3) is 0 Å². The Morgan fingerprint density at radius 3 is 2.55 bits per heavy atom. The van der Waals surface area contributed by atoms with Crippen LogP contribution in [0, 0.1) is 11.3 Å². The molecular formula is C12H12F3N3O2. The van der Waals surface area contributed by atoms with Crippen LogP contribution in [0.4, 0.5) is 18.9 Å². The fraction of sp³-hybridized carbons (Fsp3) is 0.333. The molecule has 0 radical (unpaired) electrons. The van der Waals surface area contributed by atoms with E-state index in [4.69, 9.17) is 11.0 Å². The molecule has 1 aromatic carbocycles. The zero-order valence-electron chi connectivity index (χ0n) is 10.5. The number of nitriles is 1. The van der Waals surface area contributed by atoms with Gasteiger partial charge in [0.25, 0.3) is 5.91 Å². The van der Waals surface area contributed by atoms with E-state index < -0.39 is 28.8 Å². The average Bonchev–Trinajstić information content (AvgIpc) is 2.37. The molecule has 0 bridgehead atoms. The topological polar surface area (TPSA) is 99.1 Å². The minimum atomic E-state index is -4.72. The lowest BCUT2D eigenvalue weighted by Gasteiger charge is -2.20. The van der Waals surface area contributed by atoms with Gasteiger partial charge in [-0.2, -0.15) is 18.4 Å². The molecule has 0 saturated heterocycles. The minimum absolute atomic E-state index is 0.185. The summed E-state index contributed by atoms with van der Waals surface area (Å²) in [5.41, 5.74) is 1.37. The Balaban J connectivity index is 3.12. The van der Waals surface area contributed by atoms with Crippen molar-refractivity contribution in [2.45, 2.75) is 18.7 Å². The molecule has 5 nitrogen and oxygen atoms in total. The summed E-state index contributed by atoms with van der Waals surface area (Å²) in [6.07, 6.45) is -4.72. The number of anilines is 1. The quantitative estimate of drug-likeness (QED) is 0.778. The molecule has 20 heavy (non-hydrogen) atoms. The molecule has 0 aliphatic heterocycles. The molecule has 1 rings (SSSR count). The highest BCUT2D eigenvalue weighted by molar-refractivity contribution is 5.97. The number of hydrogen-bond acceptors (Lipinski definition) is 4. The monoisotopic (exact) mass is 287 g/mol. The van der Waals surface area contributed by atoms with Gasteiger partial charge in [-0.05, 0) is 25.1 Å². The Morgan fingerprint density at radius 1 is 1.50 bits per heavy atom. The summed E-state index contributed by atoms with van der Waals surface area (Å²) in [5.74, 6) is -0.933. The van der Waals surface area contributed by atoms with E-state index in [0.717, 1.165) is 19.1 Å². The van der Waals surface area contributed by atoms with Crippen LogP contribution in [0.1, 0.15) is 18.1 Å². The van der Waals surface area contributed by atoms with E-state index in [-0.39, 0.29) is 12.2 Å². The van der Waals surface area contributed by atoms with Gasteiger partial charge in [-0.15, -0.1) is 0 Å². The van der Waals surface area contributed by atoms with E-state index >= 15 is 0 Å². The van der Waals surface area contributed by atoms with Gasteiger partial charge in [0, 0.05) is 12.2 Å². The van der Waals surface area contributed by atoms with Crippen molar-refractivity contribution in [3.05, 3.63) is 29.3 Å². The smallest absolute Gasteiger partial charge is 0.379 e. The normalized spacial score (nSPS) is 14.2. The molecule has 0 spiro atoms. The molecule has 0 fully saturated rings. The maximum absolute atomic E-state index is 12.7. The van der Waals surface area contributed by atoms with Crippen molar-refractivity contribution in [2.24, 2.45) is 5.73 Å². The van der Waals surface area contributed by atoms with Gasteiger partial charge in [-0.1, -0.05) is 0 Å². The van der Waals surface area contributed by atoms with Gasteiger partial charge in [-0.3, -0.25) is 4.79 Å². The van der Waals surface area contributed by atoms with Crippen LogP contribution in [0.15, 0.2) is 18.2 Å². The highest BCUT2D eigenvalue weighted by Crippen LogP contribution is 2.33. The first-order valence-electron chi connectivity index (χ1n) is 5.47. The lowest BCUT2D eigenvalue weighted by molar-refractivity contribution is -0.138. The van der Waals surface area contributed by atoms with Crippen LogP contribution in [0.3, 0.4) is 0 Å². The van der Waals surface area contributed by atoms with E-state index in [2.05, 4.69) is 5.32 Å². The fourth-order valence-electron chi connectivity index (χ4n) is 1.31. The van der Waals surface area contributed by atoms with Crippen molar-refractivity contribution in [3.8, 4) is 6.07 Å². The maximum atomic E-state index is 12.7. The predicted molar refractivity (Wildman–Crippen MR) is 64.5 cm³/mol. The van der Waals surface area contributed by atoms with E-state index in [1.54, 1.807) is 0 Å². The van der Waals surface area contributed by atoms with Crippen LogP contribution in [0.5, 0.6) is 0 Å². The Hall–Kier alpha value is -2.11. The first-order valence-corrected chi connectivity index (χ1v) is 5.47. The summed E-state index contributed by atoms with van der Waals surface area (Å²) in [6, 6.07) is 4.13. The second-order valence-corrected chi connectivity index (χ2v) is 4.30. The largest absolute Gasteiger partial charge is 0.417 e. The summed E-state index contributed by atoms with van der Waals surface area (Å²) in [7, 11) is 0. The van der Waals surface area contributed by atoms with Crippen molar-refractivity contribution in [2.75, 3.05) is 11.9 Å². The third kappa shape index (κ3) is 3.46. The Kier molecular flexibility index (Phi) is 4.37. The molecule has 0 saturated carbocycles. The van der Waals surface area contributed by atoms with Crippen LogP contribution in [0.2, 0.25) is 0 Å². The second kappa shape index (κ2) is 5.48. The molecule has 4 N–H and O–H groups in total. The maximum Gasteiger partial charge on any atom is 0.417 e.